The molecule has 0 aromatic rings. The van der Waals surface area contributed by atoms with Gasteiger partial charge in [-0.25, -0.2) is 0 Å². The van der Waals surface area contributed by atoms with Crippen LogP contribution in [0.3, 0.4) is 0 Å². The second-order valence-electron chi connectivity index (χ2n) is 16.5. The maximum Gasteiger partial charge on any atom is 0.227 e. The zero-order valence-electron chi connectivity index (χ0n) is 28.9. The first-order valence-electron chi connectivity index (χ1n) is 17.7. The lowest BCUT2D eigenvalue weighted by molar-refractivity contribution is -0.215. The quantitative estimate of drug-likeness (QED) is 0.251. The smallest absolute Gasteiger partial charge is 0.227 e. The molecule has 1 aliphatic heterocycles. The molecule has 1 saturated heterocycles. The van der Waals surface area contributed by atoms with Gasteiger partial charge >= 0.3 is 0 Å². The van der Waals surface area contributed by atoms with E-state index in [1.165, 1.54) is 36.8 Å². The number of nitrogens with one attached hydrogen (secondary N) is 1. The summed E-state index contributed by atoms with van der Waals surface area (Å²) in [7, 11) is 2.18. The van der Waals surface area contributed by atoms with E-state index in [2.05, 4.69) is 87.9 Å². The highest BCUT2D eigenvalue weighted by molar-refractivity contribution is 5.84. The Bertz CT molecular complexity index is 1230. The summed E-state index contributed by atoms with van der Waals surface area (Å²) in [6.07, 6.45) is 10.5. The molecule has 5 aliphatic rings. The van der Waals surface area contributed by atoms with Crippen LogP contribution in [0.4, 0.5) is 0 Å². The summed E-state index contributed by atoms with van der Waals surface area (Å²) >= 11 is 0. The van der Waals surface area contributed by atoms with Gasteiger partial charge in [-0.2, -0.15) is 5.26 Å². The van der Waals surface area contributed by atoms with E-state index in [-0.39, 0.29) is 27.6 Å². The maximum atomic E-state index is 14.3. The molecule has 1 N–H and O–H groups in total. The number of rotatable bonds is 7. The number of amides is 1. The van der Waals surface area contributed by atoms with Crippen molar-refractivity contribution in [3.8, 4) is 17.9 Å². The summed E-state index contributed by atoms with van der Waals surface area (Å²) in [6.45, 7) is 26.6. The van der Waals surface area contributed by atoms with Gasteiger partial charge in [-0.15, -0.1) is 0 Å². The lowest BCUT2D eigenvalue weighted by Crippen LogP contribution is -2.65. The minimum absolute atomic E-state index is 0.0979. The predicted molar refractivity (Wildman–Crippen MR) is 180 cm³/mol. The highest BCUT2D eigenvalue weighted by Gasteiger charge is 2.70. The molecule has 4 aliphatic carbocycles. The van der Waals surface area contributed by atoms with Crippen LogP contribution in [0.2, 0.25) is 0 Å². The number of hydrogen-bond donors (Lipinski definition) is 1. The number of carbonyl (C=O) groups excluding carboxylic acids is 1. The second-order valence-corrected chi connectivity index (χ2v) is 16.5. The third-order valence-electron chi connectivity index (χ3n) is 14.5. The molecule has 1 heterocycles. The van der Waals surface area contributed by atoms with Crippen molar-refractivity contribution in [3.05, 3.63) is 24.3 Å². The van der Waals surface area contributed by atoms with Gasteiger partial charge in [0.05, 0.1) is 24.6 Å². The Hall–Kier alpha value is -2.08. The molecule has 0 unspecified atom stereocenters. The minimum atomic E-state index is -0.310. The molecule has 44 heavy (non-hydrogen) atoms. The van der Waals surface area contributed by atoms with Crippen molar-refractivity contribution >= 4 is 5.91 Å². The topological polar surface area (TPSA) is 59.4 Å². The Kier molecular flexibility index (Phi) is 9.54. The van der Waals surface area contributed by atoms with Crippen LogP contribution in [0.5, 0.6) is 0 Å². The molecular weight excluding hydrogens is 540 g/mol. The van der Waals surface area contributed by atoms with E-state index < -0.39 is 0 Å². The molecule has 4 saturated carbocycles. The average molecular weight is 601 g/mol. The number of allylic oxidation sites excluding steroid dienone is 2. The van der Waals surface area contributed by atoms with Crippen molar-refractivity contribution < 1.29 is 4.79 Å². The molecule has 1 amide bonds. The minimum Gasteiger partial charge on any atom is -0.345 e. The van der Waals surface area contributed by atoms with Gasteiger partial charge in [0.15, 0.2) is 0 Å². The van der Waals surface area contributed by atoms with Crippen molar-refractivity contribution in [1.82, 2.24) is 15.1 Å². The van der Waals surface area contributed by atoms with Crippen LogP contribution in [0.1, 0.15) is 98.8 Å². The first kappa shape index (κ1) is 33.3. The van der Waals surface area contributed by atoms with E-state index in [0.717, 1.165) is 64.8 Å². The van der Waals surface area contributed by atoms with Crippen LogP contribution in [-0.4, -0.2) is 62.0 Å². The number of likely N-dealkylation sites (N-methyl/N-ethyl adjacent to an activating group) is 1. The highest BCUT2D eigenvalue weighted by Crippen LogP contribution is 2.76. The fourth-order valence-electron chi connectivity index (χ4n) is 11.9. The Balaban J connectivity index is 1.38. The summed E-state index contributed by atoms with van der Waals surface area (Å²) in [4.78, 5) is 19.1. The number of nitrogens with zero attached hydrogens (tertiary/aromatic N) is 3. The van der Waals surface area contributed by atoms with Gasteiger partial charge in [0.25, 0.3) is 0 Å². The number of fused-ring (bicyclic) bond motifs is 5. The van der Waals surface area contributed by atoms with E-state index in [1.807, 2.05) is 0 Å². The molecule has 9 atom stereocenters. The Morgan fingerprint density at radius 3 is 2.30 bits per heavy atom. The van der Waals surface area contributed by atoms with Crippen molar-refractivity contribution in [2.24, 2.45) is 51.2 Å². The largest absolute Gasteiger partial charge is 0.345 e. The summed E-state index contributed by atoms with van der Waals surface area (Å²) in [5.74, 6) is 9.19. The average Bonchev–Trinajstić information content (AvgIpc) is 3.38. The highest BCUT2D eigenvalue weighted by atomic mass is 16.2. The van der Waals surface area contributed by atoms with Crippen LogP contribution < -0.4 is 5.32 Å². The van der Waals surface area contributed by atoms with Gasteiger partial charge in [0.1, 0.15) is 0 Å². The maximum absolute atomic E-state index is 14.3. The van der Waals surface area contributed by atoms with Crippen LogP contribution in [0, 0.1) is 74.4 Å². The number of carbonyl (C=O) groups is 1. The predicted octanol–water partition coefficient (Wildman–Crippen LogP) is 7.07. The number of piperazine rings is 1. The molecule has 0 aromatic carbocycles. The van der Waals surface area contributed by atoms with E-state index in [9.17, 15) is 10.1 Å². The fraction of sp³-hybridized carbons (Fsp3) is 0.795. The van der Waals surface area contributed by atoms with Crippen LogP contribution in [0.25, 0.3) is 0 Å². The van der Waals surface area contributed by atoms with Gasteiger partial charge in [-0.1, -0.05) is 56.9 Å². The standard InChI is InChI=1S/C39H60N4O/c1-28(2)30-14-18-39(35(44)41-22-9-10-23-43-26-24-42(8)25-27-43)20-19-37(6)32(34(30)39)12-13-33-36(5,16-11-21-40)31(29(3)4)15-17-38(33,37)7/h30-34H,1,3,11-20,22-27H2,2,4-8H3,(H,41,44)/t30-,31-,32+,33+,34+,36-,37+,38+,39-/m0/s1. The Labute approximate surface area is 269 Å². The summed E-state index contributed by atoms with van der Waals surface area (Å²) in [5.41, 5.74) is 2.70. The van der Waals surface area contributed by atoms with E-state index in [0.29, 0.717) is 42.6 Å². The Morgan fingerprint density at radius 2 is 1.64 bits per heavy atom. The first-order chi connectivity index (χ1) is 20.8. The second kappa shape index (κ2) is 12.6. The lowest BCUT2D eigenvalue weighted by atomic mass is 9.34. The summed E-state index contributed by atoms with van der Waals surface area (Å²) in [5, 5.41) is 13.0. The third kappa shape index (κ3) is 5.39. The Morgan fingerprint density at radius 1 is 0.909 bits per heavy atom. The van der Waals surface area contributed by atoms with Crippen molar-refractivity contribution in [2.45, 2.75) is 98.8 Å². The molecule has 0 aromatic heterocycles. The van der Waals surface area contributed by atoms with Crippen molar-refractivity contribution in [1.29, 1.82) is 5.26 Å². The molecular formula is C39H60N4O. The lowest BCUT2D eigenvalue weighted by Gasteiger charge is -2.70. The van der Waals surface area contributed by atoms with Gasteiger partial charge in [-0.3, -0.25) is 9.69 Å². The molecule has 5 nitrogen and oxygen atoms in total. The number of hydrogen-bond acceptors (Lipinski definition) is 4. The van der Waals surface area contributed by atoms with E-state index in [1.54, 1.807) is 0 Å². The SMILES string of the molecule is C=C(C)[C@@H]1CC[C@]2(C(=O)NCC#CCN3CCN(C)CC3)CC[C@]3(C)[C@H](CC[C@@H]4[C@@](C)(CCC#N)[C@H](C(=C)C)CC[C@]43C)[C@@H]12. The molecule has 242 valence electrons. The summed E-state index contributed by atoms with van der Waals surface area (Å²) < 4.78 is 0. The molecule has 0 radical (unpaired) electrons. The molecule has 0 bridgehead atoms. The van der Waals surface area contributed by atoms with E-state index >= 15 is 0 Å². The molecule has 0 spiro atoms. The normalized spacial score (nSPS) is 42.1. The van der Waals surface area contributed by atoms with E-state index in [4.69, 9.17) is 0 Å². The zero-order chi connectivity index (χ0) is 31.9. The fourth-order valence-corrected chi connectivity index (χ4v) is 11.9. The van der Waals surface area contributed by atoms with Gasteiger partial charge in [-0.05, 0) is 125 Å². The monoisotopic (exact) mass is 600 g/mol. The first-order valence-corrected chi connectivity index (χ1v) is 17.7. The molecule has 5 fully saturated rings. The third-order valence-corrected chi connectivity index (χ3v) is 14.5. The van der Waals surface area contributed by atoms with Crippen LogP contribution >= 0.6 is 0 Å². The number of nitriles is 1. The van der Waals surface area contributed by atoms with Gasteiger partial charge in [0, 0.05) is 32.6 Å². The zero-order valence-corrected chi connectivity index (χ0v) is 28.9. The van der Waals surface area contributed by atoms with Crippen LogP contribution in [0.15, 0.2) is 24.3 Å². The molecule has 5 heteroatoms. The van der Waals surface area contributed by atoms with Crippen molar-refractivity contribution in [2.75, 3.05) is 46.3 Å². The summed E-state index contributed by atoms with van der Waals surface area (Å²) in [6, 6.07) is 2.48. The van der Waals surface area contributed by atoms with Gasteiger partial charge in [0.2, 0.25) is 5.91 Å². The van der Waals surface area contributed by atoms with Crippen LogP contribution in [-0.2, 0) is 4.79 Å². The van der Waals surface area contributed by atoms with Crippen molar-refractivity contribution in [3.63, 3.8) is 0 Å². The molecule has 5 rings (SSSR count). The van der Waals surface area contributed by atoms with Gasteiger partial charge < -0.3 is 10.2 Å².